The molecule has 2 aromatic rings. The summed E-state index contributed by atoms with van der Waals surface area (Å²) in [4.78, 5) is 34.7. The van der Waals surface area contributed by atoms with E-state index in [4.69, 9.17) is 4.74 Å². The van der Waals surface area contributed by atoms with Crippen LogP contribution >= 0.6 is 0 Å². The molecule has 2 N–H and O–H groups in total. The van der Waals surface area contributed by atoms with Gasteiger partial charge in [0.2, 0.25) is 5.91 Å². The molecule has 3 fully saturated rings. The third kappa shape index (κ3) is 7.14. The fourth-order valence-electron chi connectivity index (χ4n) is 6.63. The molecule has 4 heterocycles. The number of hydrogen-bond donors (Lipinski definition) is 2. The first-order valence-corrected chi connectivity index (χ1v) is 15.7. The molecule has 11 heteroatoms. The molecule has 3 aliphatic rings. The highest BCUT2D eigenvalue weighted by Crippen LogP contribution is 2.34. The van der Waals surface area contributed by atoms with Crippen LogP contribution in [0.25, 0.3) is 11.3 Å². The third-order valence-electron chi connectivity index (χ3n) is 8.95. The summed E-state index contributed by atoms with van der Waals surface area (Å²) in [6.07, 6.45) is 3.43. The van der Waals surface area contributed by atoms with Crippen LogP contribution in [-0.2, 0) is 9.53 Å². The number of piperazine rings is 1. The molecule has 2 amide bonds. The number of phenolic OH excluding ortho intramolecular Hbond substituents is 1. The Balaban J connectivity index is 1.13. The molecule has 1 atom stereocenters. The van der Waals surface area contributed by atoms with Gasteiger partial charge in [0.1, 0.15) is 11.4 Å². The van der Waals surface area contributed by atoms with Gasteiger partial charge in [-0.15, -0.1) is 10.2 Å². The van der Waals surface area contributed by atoms with Gasteiger partial charge in [0.25, 0.3) is 0 Å². The molecular weight excluding hydrogens is 546 g/mol. The minimum absolute atomic E-state index is 0.0555. The number of ether oxygens (including phenoxy) is 1. The summed E-state index contributed by atoms with van der Waals surface area (Å²) in [5.74, 6) is 1.17. The highest BCUT2D eigenvalue weighted by atomic mass is 16.6. The van der Waals surface area contributed by atoms with Crippen molar-refractivity contribution in [1.29, 1.82) is 0 Å². The van der Waals surface area contributed by atoms with Crippen LogP contribution < -0.4 is 10.2 Å². The quantitative estimate of drug-likeness (QED) is 0.530. The number of benzene rings is 1. The summed E-state index contributed by atoms with van der Waals surface area (Å²) in [5.41, 5.74) is 1.69. The molecule has 0 radical (unpaired) electrons. The molecule has 43 heavy (non-hydrogen) atoms. The van der Waals surface area contributed by atoms with Crippen molar-refractivity contribution < 1.29 is 19.4 Å². The molecule has 0 aliphatic carbocycles. The van der Waals surface area contributed by atoms with Crippen molar-refractivity contribution in [3.8, 4) is 17.0 Å². The summed E-state index contributed by atoms with van der Waals surface area (Å²) in [6.45, 7) is 13.1. The predicted octanol–water partition coefficient (Wildman–Crippen LogP) is 4.04. The van der Waals surface area contributed by atoms with E-state index in [0.29, 0.717) is 42.8 Å². The SMILES string of the molecule is CNc1nnc(-c2ccccc2O)cc1N1CCN(C(=O)C2CCN(C3CCN(C(=O)OC(C)(C)C)CC3)CC2)C[C@@H]1C. The van der Waals surface area contributed by atoms with Crippen molar-refractivity contribution in [2.75, 3.05) is 63.1 Å². The number of phenols is 1. The normalized spacial score (nSPS) is 21.1. The number of hydrogen-bond acceptors (Lipinski definition) is 9. The van der Waals surface area contributed by atoms with Crippen molar-refractivity contribution in [3.63, 3.8) is 0 Å². The lowest BCUT2D eigenvalue weighted by molar-refractivity contribution is -0.138. The van der Waals surface area contributed by atoms with Crippen LogP contribution in [0.1, 0.15) is 53.4 Å². The zero-order valence-corrected chi connectivity index (χ0v) is 26.3. The Morgan fingerprint density at radius 3 is 2.28 bits per heavy atom. The van der Waals surface area contributed by atoms with Gasteiger partial charge in [-0.05, 0) is 84.7 Å². The molecule has 1 aromatic heterocycles. The maximum Gasteiger partial charge on any atom is 0.410 e. The molecule has 1 aromatic carbocycles. The van der Waals surface area contributed by atoms with Gasteiger partial charge in [-0.25, -0.2) is 4.79 Å². The topological polar surface area (TPSA) is 114 Å². The van der Waals surface area contributed by atoms with E-state index in [1.807, 2.05) is 55.8 Å². The Labute approximate surface area is 255 Å². The number of carbonyl (C=O) groups is 2. The number of likely N-dealkylation sites (tertiary alicyclic amines) is 2. The third-order valence-corrected chi connectivity index (χ3v) is 8.95. The summed E-state index contributed by atoms with van der Waals surface area (Å²) in [6, 6.07) is 9.66. The Bertz CT molecular complexity index is 1280. The second kappa shape index (κ2) is 13.0. The van der Waals surface area contributed by atoms with Crippen molar-refractivity contribution in [1.82, 2.24) is 24.9 Å². The molecule has 0 bridgehead atoms. The van der Waals surface area contributed by atoms with Gasteiger partial charge in [-0.1, -0.05) is 12.1 Å². The van der Waals surface area contributed by atoms with Gasteiger partial charge >= 0.3 is 6.09 Å². The monoisotopic (exact) mass is 593 g/mol. The molecule has 0 unspecified atom stereocenters. The van der Waals surface area contributed by atoms with E-state index in [9.17, 15) is 14.7 Å². The number of anilines is 2. The molecule has 5 rings (SSSR count). The first-order chi connectivity index (χ1) is 20.5. The average Bonchev–Trinajstić information content (AvgIpc) is 3.00. The van der Waals surface area contributed by atoms with Gasteiger partial charge in [0.15, 0.2) is 5.82 Å². The molecule has 11 nitrogen and oxygen atoms in total. The first kappa shape index (κ1) is 30.8. The lowest BCUT2D eigenvalue weighted by Crippen LogP contribution is -2.56. The predicted molar refractivity (Wildman–Crippen MR) is 167 cm³/mol. The number of amides is 2. The molecule has 234 valence electrons. The minimum Gasteiger partial charge on any atom is -0.507 e. The van der Waals surface area contributed by atoms with Crippen LogP contribution in [-0.4, -0.2) is 113 Å². The van der Waals surface area contributed by atoms with Crippen molar-refractivity contribution in [2.45, 2.75) is 71.1 Å². The van der Waals surface area contributed by atoms with Crippen molar-refractivity contribution >= 4 is 23.5 Å². The first-order valence-electron chi connectivity index (χ1n) is 15.7. The van der Waals surface area contributed by atoms with Gasteiger partial charge in [-0.2, -0.15) is 0 Å². The summed E-state index contributed by atoms with van der Waals surface area (Å²) in [7, 11) is 1.83. The zero-order valence-electron chi connectivity index (χ0n) is 26.3. The van der Waals surface area contributed by atoms with E-state index >= 15 is 0 Å². The summed E-state index contributed by atoms with van der Waals surface area (Å²) in [5, 5.41) is 22.2. The molecule has 3 saturated heterocycles. The fourth-order valence-corrected chi connectivity index (χ4v) is 6.63. The standard InChI is InChI=1S/C32H47N7O4/c1-22-21-38(18-19-39(22)27-20-26(34-35-29(27)33-5)25-8-6-7-9-28(25)40)30(41)23-10-14-36(15-11-23)24-12-16-37(17-13-24)31(42)43-32(2,3)4/h6-9,20,22-24,40H,10-19,21H2,1-5H3,(H,33,35)/t22-/m0/s1. The fraction of sp³-hybridized carbons (Fsp3) is 0.625. The van der Waals surface area contributed by atoms with Crippen LogP contribution in [0.2, 0.25) is 0 Å². The second-order valence-corrected chi connectivity index (χ2v) is 13.1. The van der Waals surface area contributed by atoms with Crippen LogP contribution in [0.3, 0.4) is 0 Å². The van der Waals surface area contributed by atoms with Crippen molar-refractivity contribution in [2.24, 2.45) is 5.92 Å². The number of nitrogens with zero attached hydrogens (tertiary/aromatic N) is 6. The van der Waals surface area contributed by atoms with Crippen molar-refractivity contribution in [3.05, 3.63) is 30.3 Å². The smallest absolute Gasteiger partial charge is 0.410 e. The number of aromatic nitrogens is 2. The number of aromatic hydroxyl groups is 1. The number of para-hydroxylation sites is 1. The maximum atomic E-state index is 13.6. The van der Waals surface area contributed by atoms with Gasteiger partial charge in [-0.3, -0.25) is 4.79 Å². The Hall–Kier alpha value is -3.60. The van der Waals surface area contributed by atoms with E-state index in [1.54, 1.807) is 12.1 Å². The molecule has 0 spiro atoms. The van der Waals surface area contributed by atoms with E-state index in [-0.39, 0.29) is 29.7 Å². The van der Waals surface area contributed by atoms with Gasteiger partial charge in [0.05, 0.1) is 11.4 Å². The Kier molecular flexibility index (Phi) is 9.29. The average molecular weight is 594 g/mol. The summed E-state index contributed by atoms with van der Waals surface area (Å²) >= 11 is 0. The largest absolute Gasteiger partial charge is 0.507 e. The number of rotatable bonds is 5. The van der Waals surface area contributed by atoms with Crippen LogP contribution in [0, 0.1) is 5.92 Å². The van der Waals surface area contributed by atoms with E-state index < -0.39 is 5.60 Å². The molecule has 3 aliphatic heterocycles. The highest BCUT2D eigenvalue weighted by molar-refractivity contribution is 5.80. The Morgan fingerprint density at radius 1 is 0.953 bits per heavy atom. The number of carbonyl (C=O) groups excluding carboxylic acids is 2. The maximum absolute atomic E-state index is 13.6. The number of nitrogens with one attached hydrogen (secondary N) is 1. The van der Waals surface area contributed by atoms with E-state index in [2.05, 4.69) is 32.2 Å². The minimum atomic E-state index is -0.477. The zero-order chi connectivity index (χ0) is 30.7. The Morgan fingerprint density at radius 2 is 1.65 bits per heavy atom. The van der Waals surface area contributed by atoms with E-state index in [1.165, 1.54) is 0 Å². The van der Waals surface area contributed by atoms with Gasteiger partial charge in [0, 0.05) is 63.3 Å². The number of piperidine rings is 2. The molecule has 0 saturated carbocycles. The lowest BCUT2D eigenvalue weighted by Gasteiger charge is -2.44. The second-order valence-electron chi connectivity index (χ2n) is 13.1. The lowest BCUT2D eigenvalue weighted by atomic mass is 9.92. The van der Waals surface area contributed by atoms with Crippen LogP contribution in [0.4, 0.5) is 16.3 Å². The van der Waals surface area contributed by atoms with E-state index in [0.717, 1.165) is 57.5 Å². The van der Waals surface area contributed by atoms with Gasteiger partial charge < -0.3 is 34.8 Å². The molecular formula is C32H47N7O4. The van der Waals surface area contributed by atoms with Crippen LogP contribution in [0.5, 0.6) is 5.75 Å². The highest BCUT2D eigenvalue weighted by Gasteiger charge is 2.36. The summed E-state index contributed by atoms with van der Waals surface area (Å²) < 4.78 is 5.54. The van der Waals surface area contributed by atoms with Crippen LogP contribution in [0.15, 0.2) is 30.3 Å².